The van der Waals surface area contributed by atoms with Crippen molar-refractivity contribution in [2.45, 2.75) is 26.3 Å². The SMILES string of the molecule is CCC(C)NC(=O)c1ccccc1Cl. The van der Waals surface area contributed by atoms with Crippen LogP contribution in [-0.4, -0.2) is 11.9 Å². The van der Waals surface area contributed by atoms with E-state index in [0.717, 1.165) is 6.42 Å². The van der Waals surface area contributed by atoms with Crippen LogP contribution in [0.3, 0.4) is 0 Å². The fourth-order valence-electron chi connectivity index (χ4n) is 1.05. The Hall–Kier alpha value is -1.02. The van der Waals surface area contributed by atoms with Crippen molar-refractivity contribution in [2.75, 3.05) is 0 Å². The average Bonchev–Trinajstić information content (AvgIpc) is 2.18. The van der Waals surface area contributed by atoms with Crippen LogP contribution in [0.1, 0.15) is 30.6 Å². The number of carbonyl (C=O) groups excluding carboxylic acids is 1. The summed E-state index contributed by atoms with van der Waals surface area (Å²) in [7, 11) is 0. The minimum Gasteiger partial charge on any atom is -0.350 e. The van der Waals surface area contributed by atoms with Gasteiger partial charge in [-0.05, 0) is 25.5 Å². The topological polar surface area (TPSA) is 29.1 Å². The van der Waals surface area contributed by atoms with Crippen molar-refractivity contribution in [1.29, 1.82) is 0 Å². The van der Waals surface area contributed by atoms with Crippen LogP contribution in [0.25, 0.3) is 0 Å². The van der Waals surface area contributed by atoms with Crippen LogP contribution < -0.4 is 5.32 Å². The lowest BCUT2D eigenvalue weighted by Gasteiger charge is -2.11. The van der Waals surface area contributed by atoms with Crippen molar-refractivity contribution in [3.8, 4) is 0 Å². The van der Waals surface area contributed by atoms with E-state index in [2.05, 4.69) is 5.32 Å². The summed E-state index contributed by atoms with van der Waals surface area (Å²) in [5, 5.41) is 3.36. The van der Waals surface area contributed by atoms with E-state index < -0.39 is 0 Å². The highest BCUT2D eigenvalue weighted by Gasteiger charge is 2.10. The second-order valence-electron chi connectivity index (χ2n) is 3.26. The smallest absolute Gasteiger partial charge is 0.252 e. The first-order chi connectivity index (χ1) is 6.65. The van der Waals surface area contributed by atoms with E-state index in [0.29, 0.717) is 10.6 Å². The third-order valence-electron chi connectivity index (χ3n) is 2.11. The van der Waals surface area contributed by atoms with Gasteiger partial charge in [-0.3, -0.25) is 4.79 Å². The van der Waals surface area contributed by atoms with Gasteiger partial charge in [-0.1, -0.05) is 30.7 Å². The van der Waals surface area contributed by atoms with Gasteiger partial charge in [0.15, 0.2) is 0 Å². The van der Waals surface area contributed by atoms with E-state index in [-0.39, 0.29) is 11.9 Å². The summed E-state index contributed by atoms with van der Waals surface area (Å²) in [4.78, 5) is 11.6. The van der Waals surface area contributed by atoms with Gasteiger partial charge in [-0.15, -0.1) is 0 Å². The molecule has 1 amide bonds. The molecule has 0 aliphatic carbocycles. The summed E-state index contributed by atoms with van der Waals surface area (Å²) in [6.45, 7) is 3.99. The molecule has 0 radical (unpaired) electrons. The van der Waals surface area contributed by atoms with E-state index in [1.54, 1.807) is 18.2 Å². The zero-order chi connectivity index (χ0) is 10.6. The molecule has 14 heavy (non-hydrogen) atoms. The quantitative estimate of drug-likeness (QED) is 0.819. The van der Waals surface area contributed by atoms with Gasteiger partial charge in [0.25, 0.3) is 5.91 Å². The lowest BCUT2D eigenvalue weighted by molar-refractivity contribution is 0.0939. The molecule has 0 heterocycles. The molecule has 0 fully saturated rings. The normalized spacial score (nSPS) is 12.2. The van der Waals surface area contributed by atoms with Crippen molar-refractivity contribution < 1.29 is 4.79 Å². The third-order valence-corrected chi connectivity index (χ3v) is 2.44. The molecule has 0 saturated carbocycles. The van der Waals surface area contributed by atoms with E-state index in [1.807, 2.05) is 19.9 Å². The predicted molar refractivity (Wildman–Crippen MR) is 58.7 cm³/mol. The fourth-order valence-corrected chi connectivity index (χ4v) is 1.27. The van der Waals surface area contributed by atoms with Crippen LogP contribution in [0, 0.1) is 0 Å². The maximum atomic E-state index is 11.6. The van der Waals surface area contributed by atoms with E-state index in [4.69, 9.17) is 11.6 Å². The Morgan fingerprint density at radius 2 is 2.14 bits per heavy atom. The van der Waals surface area contributed by atoms with Crippen LogP contribution in [0.2, 0.25) is 5.02 Å². The summed E-state index contributed by atoms with van der Waals surface area (Å²) in [6.07, 6.45) is 0.913. The summed E-state index contributed by atoms with van der Waals surface area (Å²) >= 11 is 5.88. The molecule has 0 saturated heterocycles. The number of hydrogen-bond donors (Lipinski definition) is 1. The van der Waals surface area contributed by atoms with Gasteiger partial charge >= 0.3 is 0 Å². The van der Waals surface area contributed by atoms with Crippen molar-refractivity contribution in [2.24, 2.45) is 0 Å². The number of benzene rings is 1. The van der Waals surface area contributed by atoms with Crippen molar-refractivity contribution in [3.63, 3.8) is 0 Å². The maximum absolute atomic E-state index is 11.6. The Labute approximate surface area is 89.3 Å². The molecular formula is C11H14ClNO. The monoisotopic (exact) mass is 211 g/mol. The molecule has 2 nitrogen and oxygen atoms in total. The van der Waals surface area contributed by atoms with E-state index in [9.17, 15) is 4.79 Å². The highest BCUT2D eigenvalue weighted by Crippen LogP contribution is 2.14. The molecule has 76 valence electrons. The van der Waals surface area contributed by atoms with Gasteiger partial charge < -0.3 is 5.32 Å². The molecular weight excluding hydrogens is 198 g/mol. The van der Waals surface area contributed by atoms with Crippen LogP contribution >= 0.6 is 11.6 Å². The van der Waals surface area contributed by atoms with Gasteiger partial charge in [0, 0.05) is 6.04 Å². The lowest BCUT2D eigenvalue weighted by atomic mass is 10.2. The molecule has 0 spiro atoms. The Morgan fingerprint density at radius 3 is 2.71 bits per heavy atom. The van der Waals surface area contributed by atoms with Crippen molar-refractivity contribution in [1.82, 2.24) is 5.32 Å². The maximum Gasteiger partial charge on any atom is 0.252 e. The van der Waals surface area contributed by atoms with E-state index in [1.165, 1.54) is 0 Å². The van der Waals surface area contributed by atoms with Gasteiger partial charge in [-0.25, -0.2) is 0 Å². The van der Waals surface area contributed by atoms with Gasteiger partial charge in [0.1, 0.15) is 0 Å². The second-order valence-corrected chi connectivity index (χ2v) is 3.67. The van der Waals surface area contributed by atoms with Gasteiger partial charge in [0.05, 0.1) is 10.6 Å². The third kappa shape index (κ3) is 2.74. The molecule has 1 aromatic rings. The number of amides is 1. The van der Waals surface area contributed by atoms with Crippen molar-refractivity contribution >= 4 is 17.5 Å². The zero-order valence-electron chi connectivity index (χ0n) is 8.38. The summed E-state index contributed by atoms with van der Waals surface area (Å²) in [6, 6.07) is 7.23. The predicted octanol–water partition coefficient (Wildman–Crippen LogP) is 2.87. The Kier molecular flexibility index (Phi) is 3.96. The first kappa shape index (κ1) is 11.1. The van der Waals surface area contributed by atoms with Crippen LogP contribution in [-0.2, 0) is 0 Å². The highest BCUT2D eigenvalue weighted by molar-refractivity contribution is 6.33. The van der Waals surface area contributed by atoms with Crippen LogP contribution in [0.15, 0.2) is 24.3 Å². The van der Waals surface area contributed by atoms with Crippen LogP contribution in [0.5, 0.6) is 0 Å². The minimum atomic E-state index is -0.107. The molecule has 0 aromatic heterocycles. The highest BCUT2D eigenvalue weighted by atomic mass is 35.5. The standard InChI is InChI=1S/C11H14ClNO/c1-3-8(2)13-11(14)9-6-4-5-7-10(9)12/h4-8H,3H2,1-2H3,(H,13,14). The molecule has 1 atom stereocenters. The fraction of sp³-hybridized carbons (Fsp3) is 0.364. The van der Waals surface area contributed by atoms with Crippen LogP contribution in [0.4, 0.5) is 0 Å². The molecule has 1 unspecified atom stereocenters. The van der Waals surface area contributed by atoms with Crippen molar-refractivity contribution in [3.05, 3.63) is 34.9 Å². The second kappa shape index (κ2) is 5.01. The Bertz CT molecular complexity index is 325. The number of hydrogen-bond acceptors (Lipinski definition) is 1. The zero-order valence-corrected chi connectivity index (χ0v) is 9.14. The number of nitrogens with one attached hydrogen (secondary N) is 1. The molecule has 1 N–H and O–H groups in total. The largest absolute Gasteiger partial charge is 0.350 e. The Balaban J connectivity index is 2.75. The number of rotatable bonds is 3. The number of carbonyl (C=O) groups is 1. The van der Waals surface area contributed by atoms with Gasteiger partial charge in [-0.2, -0.15) is 0 Å². The van der Waals surface area contributed by atoms with E-state index >= 15 is 0 Å². The lowest BCUT2D eigenvalue weighted by Crippen LogP contribution is -2.32. The first-order valence-electron chi connectivity index (χ1n) is 4.70. The summed E-state index contributed by atoms with van der Waals surface area (Å²) in [5.74, 6) is -0.107. The molecule has 0 aliphatic heterocycles. The molecule has 3 heteroatoms. The van der Waals surface area contributed by atoms with Gasteiger partial charge in [0.2, 0.25) is 0 Å². The first-order valence-corrected chi connectivity index (χ1v) is 5.08. The molecule has 1 aromatic carbocycles. The molecule has 0 bridgehead atoms. The summed E-state index contributed by atoms with van der Waals surface area (Å²) < 4.78 is 0. The summed E-state index contributed by atoms with van der Waals surface area (Å²) in [5.41, 5.74) is 0.537. The average molecular weight is 212 g/mol. The molecule has 0 aliphatic rings. The minimum absolute atomic E-state index is 0.107. The Morgan fingerprint density at radius 1 is 1.50 bits per heavy atom. The molecule has 1 rings (SSSR count). The number of halogens is 1.